The Morgan fingerprint density at radius 2 is 1.57 bits per heavy atom. The molecule has 0 radical (unpaired) electrons. The summed E-state index contributed by atoms with van der Waals surface area (Å²) in [6.45, 7) is 3.13. The summed E-state index contributed by atoms with van der Waals surface area (Å²) in [5.74, 6) is -3.59. The van der Waals surface area contributed by atoms with E-state index in [4.69, 9.17) is 0 Å². The van der Waals surface area contributed by atoms with Gasteiger partial charge in [-0.15, -0.1) is 0 Å². The van der Waals surface area contributed by atoms with Crippen LogP contribution in [0.25, 0.3) is 11.3 Å². The van der Waals surface area contributed by atoms with E-state index in [1.807, 2.05) is 36.4 Å². The molecule has 0 saturated carbocycles. The lowest BCUT2D eigenvalue weighted by molar-refractivity contribution is -0.174. The van der Waals surface area contributed by atoms with Crippen LogP contribution in [0.3, 0.4) is 0 Å². The van der Waals surface area contributed by atoms with E-state index in [-0.39, 0.29) is 5.69 Å². The second-order valence-electron chi connectivity index (χ2n) is 8.45. The summed E-state index contributed by atoms with van der Waals surface area (Å²) in [5, 5.41) is 5.24. The number of alkyl halides is 3. The molecule has 1 unspecified atom stereocenters. The van der Waals surface area contributed by atoms with Crippen LogP contribution in [-0.2, 0) is 22.6 Å². The molecule has 0 spiro atoms. The topological polar surface area (TPSA) is 91.1 Å². The second-order valence-corrected chi connectivity index (χ2v) is 8.45. The zero-order valence-corrected chi connectivity index (χ0v) is 19.3. The Morgan fingerprint density at radius 1 is 0.971 bits per heavy atom. The van der Waals surface area contributed by atoms with Crippen molar-refractivity contribution in [2.24, 2.45) is 5.92 Å². The molecule has 1 atom stereocenters. The summed E-state index contributed by atoms with van der Waals surface area (Å²) in [6.07, 6.45) is -5.47. The number of benzene rings is 2. The van der Waals surface area contributed by atoms with Gasteiger partial charge in [0, 0.05) is 12.2 Å². The van der Waals surface area contributed by atoms with Crippen LogP contribution in [0, 0.1) is 5.92 Å². The molecule has 1 heterocycles. The summed E-state index contributed by atoms with van der Waals surface area (Å²) < 4.78 is 39.0. The van der Waals surface area contributed by atoms with E-state index in [0.29, 0.717) is 23.4 Å². The van der Waals surface area contributed by atoms with Gasteiger partial charge in [0.15, 0.2) is 0 Å². The van der Waals surface area contributed by atoms with E-state index in [1.54, 1.807) is 30.3 Å². The third kappa shape index (κ3) is 6.81. The number of H-pyrrole nitrogens is 1. The highest BCUT2D eigenvalue weighted by Gasteiger charge is 2.45. The predicted molar refractivity (Wildman–Crippen MR) is 128 cm³/mol. The Kier molecular flexibility index (Phi) is 8.11. The maximum Gasteiger partial charge on any atom is 0.452 e. The van der Waals surface area contributed by atoms with E-state index < -0.39 is 41.8 Å². The highest BCUT2D eigenvalue weighted by molar-refractivity contribution is 5.93. The average molecular weight is 486 g/mol. The molecule has 0 aliphatic carbocycles. The Labute approximate surface area is 200 Å². The zero-order valence-electron chi connectivity index (χ0n) is 19.3. The van der Waals surface area contributed by atoms with E-state index in [0.717, 1.165) is 5.56 Å². The Morgan fingerprint density at radius 3 is 2.14 bits per heavy atom. The number of carbonyl (C=O) groups excluding carboxylic acids is 2. The third-order valence-electron chi connectivity index (χ3n) is 5.41. The van der Waals surface area contributed by atoms with Crippen LogP contribution in [0.5, 0.6) is 0 Å². The van der Waals surface area contributed by atoms with Crippen LogP contribution in [0.1, 0.15) is 25.0 Å². The van der Waals surface area contributed by atoms with Gasteiger partial charge in [-0.25, -0.2) is 0 Å². The number of hydrogen-bond acceptors (Lipinski definition) is 4. The molecule has 184 valence electrons. The van der Waals surface area contributed by atoms with Crippen LogP contribution in [0.4, 0.5) is 18.9 Å². The van der Waals surface area contributed by atoms with Gasteiger partial charge in [0.25, 0.3) is 11.3 Å². The number of pyridine rings is 1. The summed E-state index contributed by atoms with van der Waals surface area (Å²) in [7, 11) is 0. The standard InChI is InChI=1S/C26H26F3N3O3/c1-16(2)22(24(34)26(27,28)29)32-21(33)14-19-13-20(18-11-7-4-8-12-18)31-25(35)23(19)30-15-17-9-5-3-6-10-17/h3-13,16,22,30H,14-15H2,1-2H3,(H,31,35)(H,32,33). The number of rotatable bonds is 9. The average Bonchev–Trinajstić information content (AvgIpc) is 2.82. The summed E-state index contributed by atoms with van der Waals surface area (Å²) in [4.78, 5) is 40.3. The number of aromatic nitrogens is 1. The Balaban J connectivity index is 1.92. The second kappa shape index (κ2) is 11.0. The van der Waals surface area contributed by atoms with Crippen LogP contribution >= 0.6 is 0 Å². The van der Waals surface area contributed by atoms with Gasteiger partial charge in [-0.1, -0.05) is 74.5 Å². The lowest BCUT2D eigenvalue weighted by Crippen LogP contribution is -2.50. The molecule has 3 aromatic rings. The minimum absolute atomic E-state index is 0.131. The minimum Gasteiger partial charge on any atom is -0.376 e. The molecule has 2 aromatic carbocycles. The smallest absolute Gasteiger partial charge is 0.376 e. The van der Waals surface area contributed by atoms with Crippen molar-refractivity contribution in [2.75, 3.05) is 5.32 Å². The maximum absolute atomic E-state index is 13.0. The number of nitrogens with one attached hydrogen (secondary N) is 3. The van der Waals surface area contributed by atoms with Crippen molar-refractivity contribution in [2.45, 2.75) is 39.0 Å². The fourth-order valence-electron chi connectivity index (χ4n) is 3.61. The van der Waals surface area contributed by atoms with Gasteiger partial charge in [-0.05, 0) is 28.7 Å². The van der Waals surface area contributed by atoms with Crippen molar-refractivity contribution in [3.05, 3.63) is 88.2 Å². The molecule has 3 rings (SSSR count). The minimum atomic E-state index is -5.07. The molecule has 0 fully saturated rings. The molecule has 35 heavy (non-hydrogen) atoms. The van der Waals surface area contributed by atoms with E-state index in [1.165, 1.54) is 13.8 Å². The van der Waals surface area contributed by atoms with E-state index in [2.05, 4.69) is 15.6 Å². The molecule has 1 amide bonds. The number of carbonyl (C=O) groups is 2. The van der Waals surface area contributed by atoms with Crippen molar-refractivity contribution in [1.82, 2.24) is 10.3 Å². The summed E-state index contributed by atoms with van der Waals surface area (Å²) in [5.41, 5.74) is 2.00. The monoisotopic (exact) mass is 485 g/mol. The van der Waals surface area contributed by atoms with Crippen LogP contribution in [-0.4, -0.2) is 28.9 Å². The molecule has 0 bridgehead atoms. The Bertz CT molecular complexity index is 1220. The largest absolute Gasteiger partial charge is 0.452 e. The van der Waals surface area contributed by atoms with Gasteiger partial charge < -0.3 is 15.6 Å². The summed E-state index contributed by atoms with van der Waals surface area (Å²) >= 11 is 0. The number of aromatic amines is 1. The molecule has 3 N–H and O–H groups in total. The van der Waals surface area contributed by atoms with Crippen LogP contribution < -0.4 is 16.2 Å². The molecule has 0 aliphatic heterocycles. The van der Waals surface area contributed by atoms with E-state index >= 15 is 0 Å². The molecule has 1 aromatic heterocycles. The lowest BCUT2D eigenvalue weighted by Gasteiger charge is -2.22. The number of Topliss-reactive ketones (excluding diaryl/α,β-unsaturated/α-hetero) is 1. The highest BCUT2D eigenvalue weighted by atomic mass is 19.4. The molecular weight excluding hydrogens is 459 g/mol. The van der Waals surface area contributed by atoms with E-state index in [9.17, 15) is 27.6 Å². The third-order valence-corrected chi connectivity index (χ3v) is 5.41. The molecule has 0 aliphatic rings. The molecule has 6 nitrogen and oxygen atoms in total. The van der Waals surface area contributed by atoms with Crippen LogP contribution in [0.15, 0.2) is 71.5 Å². The predicted octanol–water partition coefficient (Wildman–Crippen LogP) is 4.47. The number of anilines is 1. The fourth-order valence-corrected chi connectivity index (χ4v) is 3.61. The van der Waals surface area contributed by atoms with Crippen molar-refractivity contribution >= 4 is 17.4 Å². The van der Waals surface area contributed by atoms with Crippen molar-refractivity contribution in [1.29, 1.82) is 0 Å². The number of halogens is 3. The number of hydrogen-bond donors (Lipinski definition) is 3. The SMILES string of the molecule is CC(C)C(NC(=O)Cc1cc(-c2ccccc2)[nH]c(=O)c1NCc1ccccc1)C(=O)C(F)(F)F. The quantitative estimate of drug-likeness (QED) is 0.417. The number of ketones is 1. The van der Waals surface area contributed by atoms with Gasteiger partial charge in [0.1, 0.15) is 5.69 Å². The summed E-state index contributed by atoms with van der Waals surface area (Å²) in [6, 6.07) is 18.1. The first kappa shape index (κ1) is 25.7. The van der Waals surface area contributed by atoms with Gasteiger partial charge >= 0.3 is 6.18 Å². The van der Waals surface area contributed by atoms with Gasteiger partial charge in [-0.2, -0.15) is 13.2 Å². The first-order valence-corrected chi connectivity index (χ1v) is 11.1. The van der Waals surface area contributed by atoms with Crippen molar-refractivity contribution in [3.63, 3.8) is 0 Å². The van der Waals surface area contributed by atoms with Gasteiger partial charge in [-0.3, -0.25) is 14.4 Å². The molecular formula is C26H26F3N3O3. The van der Waals surface area contributed by atoms with Gasteiger partial charge in [0.05, 0.1) is 12.5 Å². The molecule has 0 saturated heterocycles. The first-order chi connectivity index (χ1) is 16.6. The number of amides is 1. The zero-order chi connectivity index (χ0) is 25.6. The van der Waals surface area contributed by atoms with Crippen molar-refractivity contribution in [3.8, 4) is 11.3 Å². The van der Waals surface area contributed by atoms with Crippen LogP contribution in [0.2, 0.25) is 0 Å². The molecule has 9 heteroatoms. The fraction of sp³-hybridized carbons (Fsp3) is 0.269. The van der Waals surface area contributed by atoms with Crippen molar-refractivity contribution < 1.29 is 22.8 Å². The van der Waals surface area contributed by atoms with Gasteiger partial charge in [0.2, 0.25) is 5.91 Å². The Hall–Kier alpha value is -3.88. The highest BCUT2D eigenvalue weighted by Crippen LogP contribution is 2.23. The lowest BCUT2D eigenvalue weighted by atomic mass is 9.98. The maximum atomic E-state index is 13.0. The first-order valence-electron chi connectivity index (χ1n) is 11.1. The normalized spacial score (nSPS) is 12.3.